The number of pyridine rings is 1. The van der Waals surface area contributed by atoms with Crippen LogP contribution in [-0.2, 0) is 4.74 Å². The molecule has 0 spiro atoms. The van der Waals surface area contributed by atoms with Crippen LogP contribution in [0.1, 0.15) is 39.8 Å². The highest BCUT2D eigenvalue weighted by Gasteiger charge is 2.21. The summed E-state index contributed by atoms with van der Waals surface area (Å²) >= 11 is 12.6. The first-order valence-corrected chi connectivity index (χ1v) is 14.5. The summed E-state index contributed by atoms with van der Waals surface area (Å²) in [5.41, 5.74) is 1.42. The van der Waals surface area contributed by atoms with E-state index in [0.29, 0.717) is 27.9 Å². The van der Waals surface area contributed by atoms with Gasteiger partial charge in [-0.1, -0.05) is 29.3 Å². The number of aromatic nitrogens is 1. The van der Waals surface area contributed by atoms with Gasteiger partial charge in [0.05, 0.1) is 27.9 Å². The van der Waals surface area contributed by atoms with Gasteiger partial charge in [-0.05, 0) is 75.9 Å². The molecule has 1 unspecified atom stereocenters. The van der Waals surface area contributed by atoms with E-state index < -0.39 is 12.3 Å². The van der Waals surface area contributed by atoms with Crippen LogP contribution in [-0.4, -0.2) is 72.9 Å². The smallest absolute Gasteiger partial charge is 0.411 e. The summed E-state index contributed by atoms with van der Waals surface area (Å²) in [6.45, 7) is 10.9. The number of carbonyl (C=O) groups is 1. The fourth-order valence-corrected chi connectivity index (χ4v) is 5.18. The molecule has 10 heteroatoms. The molecule has 2 heterocycles. The Morgan fingerprint density at radius 2 is 1.73 bits per heavy atom. The summed E-state index contributed by atoms with van der Waals surface area (Å²) in [5, 5.41) is 2.07. The van der Waals surface area contributed by atoms with Gasteiger partial charge in [-0.3, -0.25) is 14.3 Å². The number of fused-ring (bicyclic) bond motifs is 1. The number of hydrogen-bond acceptors (Lipinski definition) is 6. The van der Waals surface area contributed by atoms with Crippen molar-refractivity contribution in [1.82, 2.24) is 14.4 Å². The number of ether oxygens (including phenoxy) is 2. The van der Waals surface area contributed by atoms with Crippen LogP contribution in [0.3, 0.4) is 0 Å². The number of carbonyl (C=O) groups excluding carboxylic acids is 1. The topological polar surface area (TPSA) is 67.2 Å². The molecule has 1 aliphatic heterocycles. The SMILES string of the molecule is CC(C)N(C)C(=O)OC(C)n1c(=O)ccc2ccc(OCCCCN3CCN(c4cccc(Cl)c4Cl)CC3)cc21. The van der Waals surface area contributed by atoms with E-state index >= 15 is 0 Å². The van der Waals surface area contributed by atoms with Gasteiger partial charge in [0.2, 0.25) is 0 Å². The standard InChI is InChI=1S/C30H38Cl2N4O4/c1-21(2)33(4)30(38)40-22(3)36-27-20-24(12-10-23(27)11-13-28(36)37)39-19-6-5-14-34-15-17-35(18-16-34)26-9-7-8-25(31)29(26)32/h7-13,20-22H,5-6,14-19H2,1-4H3. The highest BCUT2D eigenvalue weighted by atomic mass is 35.5. The minimum atomic E-state index is -0.768. The molecule has 1 aromatic heterocycles. The Kier molecular flexibility index (Phi) is 10.2. The number of nitrogens with zero attached hydrogens (tertiary/aromatic N) is 4. The third-order valence-corrected chi connectivity index (χ3v) is 8.19. The minimum Gasteiger partial charge on any atom is -0.494 e. The number of amides is 1. The van der Waals surface area contributed by atoms with Gasteiger partial charge in [0.25, 0.3) is 5.56 Å². The Labute approximate surface area is 246 Å². The largest absolute Gasteiger partial charge is 0.494 e. The zero-order chi connectivity index (χ0) is 28.8. The molecule has 0 bridgehead atoms. The molecule has 1 atom stereocenters. The molecule has 0 radical (unpaired) electrons. The van der Waals surface area contributed by atoms with Gasteiger partial charge in [0, 0.05) is 51.4 Å². The van der Waals surface area contributed by atoms with E-state index in [1.54, 1.807) is 20.0 Å². The first-order valence-electron chi connectivity index (χ1n) is 13.8. The molecule has 2 aromatic carbocycles. The Bertz CT molecular complexity index is 1370. The average Bonchev–Trinajstić information content (AvgIpc) is 2.94. The molecular formula is C30H38Cl2N4O4. The molecule has 40 heavy (non-hydrogen) atoms. The number of halogens is 2. The van der Waals surface area contributed by atoms with E-state index in [4.69, 9.17) is 32.7 Å². The number of rotatable bonds is 10. The van der Waals surface area contributed by atoms with Crippen LogP contribution >= 0.6 is 23.2 Å². The average molecular weight is 590 g/mol. The van der Waals surface area contributed by atoms with Crippen molar-refractivity contribution in [2.75, 3.05) is 51.3 Å². The van der Waals surface area contributed by atoms with E-state index in [2.05, 4.69) is 9.80 Å². The summed E-state index contributed by atoms with van der Waals surface area (Å²) in [6, 6.07) is 14.7. The molecule has 8 nitrogen and oxygen atoms in total. The third kappa shape index (κ3) is 7.22. The lowest BCUT2D eigenvalue weighted by Crippen LogP contribution is -2.46. The monoisotopic (exact) mass is 588 g/mol. The predicted octanol–water partition coefficient (Wildman–Crippen LogP) is 6.28. The minimum absolute atomic E-state index is 0.0125. The highest BCUT2D eigenvalue weighted by Crippen LogP contribution is 2.33. The van der Waals surface area contributed by atoms with Crippen LogP contribution in [0.2, 0.25) is 10.0 Å². The number of anilines is 1. The van der Waals surface area contributed by atoms with Crippen molar-refractivity contribution in [2.45, 2.75) is 45.9 Å². The molecule has 0 aliphatic carbocycles. The second-order valence-electron chi connectivity index (χ2n) is 10.4. The van der Waals surface area contributed by atoms with Gasteiger partial charge in [-0.2, -0.15) is 0 Å². The quantitative estimate of drug-likeness (QED) is 0.259. The van der Waals surface area contributed by atoms with Crippen LogP contribution in [0, 0.1) is 0 Å². The van der Waals surface area contributed by atoms with Crippen molar-refractivity contribution >= 4 is 45.9 Å². The zero-order valence-electron chi connectivity index (χ0n) is 23.6. The Hall–Kier alpha value is -2.94. The number of hydrogen-bond donors (Lipinski definition) is 0. The van der Waals surface area contributed by atoms with Gasteiger partial charge in [-0.15, -0.1) is 0 Å². The van der Waals surface area contributed by atoms with Crippen molar-refractivity contribution in [3.05, 3.63) is 68.9 Å². The lowest BCUT2D eigenvalue weighted by atomic mass is 10.2. The summed E-state index contributed by atoms with van der Waals surface area (Å²) in [5.74, 6) is 0.677. The van der Waals surface area contributed by atoms with E-state index in [1.807, 2.05) is 50.2 Å². The summed E-state index contributed by atoms with van der Waals surface area (Å²) in [4.78, 5) is 31.5. The van der Waals surface area contributed by atoms with Gasteiger partial charge in [0.1, 0.15) is 5.75 Å². The Balaban J connectivity index is 1.28. The van der Waals surface area contributed by atoms with Crippen molar-refractivity contribution in [3.8, 4) is 5.75 Å². The van der Waals surface area contributed by atoms with Crippen molar-refractivity contribution < 1.29 is 14.3 Å². The third-order valence-electron chi connectivity index (χ3n) is 7.38. The summed E-state index contributed by atoms with van der Waals surface area (Å²) in [7, 11) is 1.68. The van der Waals surface area contributed by atoms with Crippen LogP contribution in [0.5, 0.6) is 5.75 Å². The number of unbranched alkanes of at least 4 members (excludes halogenated alkanes) is 1. The zero-order valence-corrected chi connectivity index (χ0v) is 25.1. The van der Waals surface area contributed by atoms with Crippen molar-refractivity contribution in [3.63, 3.8) is 0 Å². The molecule has 3 aromatic rings. The van der Waals surface area contributed by atoms with Crippen LogP contribution in [0.15, 0.2) is 53.3 Å². The van der Waals surface area contributed by atoms with Gasteiger partial charge in [-0.25, -0.2) is 4.79 Å². The van der Waals surface area contributed by atoms with Crippen LogP contribution in [0.4, 0.5) is 10.5 Å². The van der Waals surface area contributed by atoms with Crippen molar-refractivity contribution in [2.24, 2.45) is 0 Å². The Morgan fingerprint density at radius 3 is 2.45 bits per heavy atom. The predicted molar refractivity (Wildman–Crippen MR) is 162 cm³/mol. The molecule has 0 N–H and O–H groups in total. The van der Waals surface area contributed by atoms with Crippen molar-refractivity contribution in [1.29, 1.82) is 0 Å². The van der Waals surface area contributed by atoms with Gasteiger partial charge >= 0.3 is 6.09 Å². The van der Waals surface area contributed by atoms with E-state index in [9.17, 15) is 9.59 Å². The molecule has 1 amide bonds. The Morgan fingerprint density at radius 1 is 1.00 bits per heavy atom. The maximum Gasteiger partial charge on any atom is 0.411 e. The van der Waals surface area contributed by atoms with Gasteiger partial charge in [0.15, 0.2) is 6.23 Å². The second kappa shape index (κ2) is 13.6. The summed E-state index contributed by atoms with van der Waals surface area (Å²) < 4.78 is 13.1. The van der Waals surface area contributed by atoms with E-state index in [1.165, 1.54) is 15.5 Å². The number of piperazine rings is 1. The normalized spacial score (nSPS) is 14.9. The first kappa shape index (κ1) is 30.0. The molecule has 1 fully saturated rings. The van der Waals surface area contributed by atoms with E-state index in [0.717, 1.165) is 56.6 Å². The van der Waals surface area contributed by atoms with Crippen LogP contribution < -0.4 is 15.2 Å². The lowest BCUT2D eigenvalue weighted by Gasteiger charge is -2.36. The summed E-state index contributed by atoms with van der Waals surface area (Å²) in [6.07, 6.45) is 0.686. The molecule has 4 rings (SSSR count). The van der Waals surface area contributed by atoms with E-state index in [-0.39, 0.29) is 11.6 Å². The number of benzene rings is 2. The maximum atomic E-state index is 12.8. The first-order chi connectivity index (χ1) is 19.2. The fourth-order valence-electron chi connectivity index (χ4n) is 4.77. The molecular weight excluding hydrogens is 551 g/mol. The molecule has 1 saturated heterocycles. The van der Waals surface area contributed by atoms with Crippen LogP contribution in [0.25, 0.3) is 10.9 Å². The molecule has 1 aliphatic rings. The fraction of sp³-hybridized carbons (Fsp3) is 0.467. The molecule has 216 valence electrons. The second-order valence-corrected chi connectivity index (χ2v) is 11.2. The highest BCUT2D eigenvalue weighted by molar-refractivity contribution is 6.43. The maximum absolute atomic E-state index is 12.8. The molecule has 0 saturated carbocycles. The van der Waals surface area contributed by atoms with Gasteiger partial charge < -0.3 is 19.3 Å². The lowest BCUT2D eigenvalue weighted by molar-refractivity contribution is 0.0387.